The molecule has 2 N–H and O–H groups in total. The predicted molar refractivity (Wildman–Crippen MR) is 241 cm³/mol. The first kappa shape index (κ1) is 43.3. The number of phenolic OH excluding ortho intramolecular Hbond substituents is 1. The first-order chi connectivity index (χ1) is 28.4. The van der Waals surface area contributed by atoms with Crippen LogP contribution in [0.4, 0.5) is 0 Å². The Morgan fingerprint density at radius 3 is 1.58 bits per heavy atom. The molecule has 0 amide bonds. The van der Waals surface area contributed by atoms with Gasteiger partial charge in [0.15, 0.2) is 23.0 Å². The van der Waals surface area contributed by atoms with Crippen molar-refractivity contribution in [2.24, 2.45) is 0 Å². The third-order valence-corrected chi connectivity index (χ3v) is 10.3. The number of carboxylic acids is 1. The number of rotatable bonds is 5. The summed E-state index contributed by atoms with van der Waals surface area (Å²) in [6.07, 6.45) is 0. The van der Waals surface area contributed by atoms with Gasteiger partial charge in [0.25, 0.3) is 0 Å². The molecule has 0 atom stereocenters. The van der Waals surface area contributed by atoms with E-state index in [-0.39, 0.29) is 5.75 Å². The minimum Gasteiger partial charge on any atom is -0.504 e. The molecule has 10 heteroatoms. The number of nitriles is 2. The molecular weight excluding hydrogens is 872 g/mol. The van der Waals surface area contributed by atoms with Gasteiger partial charge in [0.2, 0.25) is 0 Å². The number of methoxy groups -OCH3 is 2. The van der Waals surface area contributed by atoms with E-state index in [0.29, 0.717) is 33.9 Å². The number of aromatic carboxylic acids is 1. The minimum atomic E-state index is -0.896. The molecule has 8 aromatic carbocycles. The molecule has 0 aromatic heterocycles. The van der Waals surface area contributed by atoms with Gasteiger partial charge in [-0.1, -0.05) is 92.5 Å². The zero-order chi connectivity index (χ0) is 42.5. The second-order valence-electron chi connectivity index (χ2n) is 13.0. The molecule has 0 saturated carbocycles. The number of hydrogen-bond donors (Lipinski definition) is 2. The SMILES string of the molecule is COc1cc(C)ccc1O.COc1cc(C)ccc1Oc1cccc2cc(C#N)ccc12.N#Cc1ccc2c(Br)cccc2c1.O=C(O)c1ccc2c(Br)cccc2c1. The van der Waals surface area contributed by atoms with Gasteiger partial charge < -0.3 is 24.4 Å². The van der Waals surface area contributed by atoms with Crippen LogP contribution in [0.1, 0.15) is 32.6 Å². The number of carbonyl (C=O) groups is 1. The maximum Gasteiger partial charge on any atom is 0.335 e. The highest BCUT2D eigenvalue weighted by atomic mass is 79.9. The van der Waals surface area contributed by atoms with Gasteiger partial charge in [-0.05, 0) is 137 Å². The van der Waals surface area contributed by atoms with Crippen LogP contribution in [-0.4, -0.2) is 30.4 Å². The Morgan fingerprint density at radius 1 is 0.542 bits per heavy atom. The highest BCUT2D eigenvalue weighted by Gasteiger charge is 2.09. The molecule has 0 aliphatic rings. The van der Waals surface area contributed by atoms with Crippen LogP contribution in [0.15, 0.2) is 155 Å². The molecule has 0 spiro atoms. The zero-order valence-corrected chi connectivity index (χ0v) is 35.7. The lowest BCUT2D eigenvalue weighted by atomic mass is 10.1. The van der Waals surface area contributed by atoms with Crippen molar-refractivity contribution in [3.05, 3.63) is 182 Å². The van der Waals surface area contributed by atoms with E-state index in [0.717, 1.165) is 58.1 Å². The first-order valence-corrected chi connectivity index (χ1v) is 19.6. The molecule has 0 unspecified atom stereocenters. The van der Waals surface area contributed by atoms with Crippen molar-refractivity contribution >= 4 is 70.1 Å². The number of fused-ring (bicyclic) bond motifs is 3. The van der Waals surface area contributed by atoms with Crippen molar-refractivity contribution < 1.29 is 29.2 Å². The average molecular weight is 911 g/mol. The second-order valence-corrected chi connectivity index (χ2v) is 14.7. The average Bonchev–Trinajstić information content (AvgIpc) is 3.25. The van der Waals surface area contributed by atoms with Crippen LogP contribution in [-0.2, 0) is 0 Å². The standard InChI is InChI=1S/C19H15NO2.C11H6BrN.C11H7BrO2.C8H10O2/c1-13-6-9-18(19(10-13)21-2)22-17-5-3-4-15-11-14(12-20)7-8-16(15)17;12-11-3-1-2-9-6-8(7-13)4-5-10(9)11;12-10-3-1-2-7-6-8(11(13)14)4-5-9(7)10;1-6-3-4-7(9)8(5-6)10-2/h3-11H,1-2H3;1-6H;1-6H,(H,13,14);3-5,9H,1-2H3. The van der Waals surface area contributed by atoms with Gasteiger partial charge in [-0.25, -0.2) is 4.79 Å². The molecule has 8 aromatic rings. The first-order valence-electron chi connectivity index (χ1n) is 18.0. The van der Waals surface area contributed by atoms with Gasteiger partial charge in [0, 0.05) is 14.3 Å². The fourth-order valence-electron chi connectivity index (χ4n) is 5.87. The molecule has 0 saturated heterocycles. The van der Waals surface area contributed by atoms with Crippen molar-refractivity contribution in [2.45, 2.75) is 13.8 Å². The number of halogens is 2. The van der Waals surface area contributed by atoms with Gasteiger partial charge in [-0.3, -0.25) is 0 Å². The molecule has 0 bridgehead atoms. The van der Waals surface area contributed by atoms with E-state index in [9.17, 15) is 4.79 Å². The van der Waals surface area contributed by atoms with Crippen LogP contribution in [0.25, 0.3) is 32.3 Å². The summed E-state index contributed by atoms with van der Waals surface area (Å²) in [6, 6.07) is 49.1. The number of aromatic hydroxyl groups is 1. The fourth-order valence-corrected chi connectivity index (χ4v) is 6.89. The summed E-state index contributed by atoms with van der Waals surface area (Å²) in [5.74, 6) is 1.93. The lowest BCUT2D eigenvalue weighted by Crippen LogP contribution is -1.95. The van der Waals surface area contributed by atoms with E-state index >= 15 is 0 Å². The minimum absolute atomic E-state index is 0.188. The maximum absolute atomic E-state index is 10.7. The Hall–Kier alpha value is -6.85. The summed E-state index contributed by atoms with van der Waals surface area (Å²) in [5.41, 5.74) is 3.84. The Balaban J connectivity index is 0.000000156. The number of phenols is 1. The van der Waals surface area contributed by atoms with Crippen LogP contribution in [0.5, 0.6) is 28.7 Å². The van der Waals surface area contributed by atoms with Crippen LogP contribution in [0.3, 0.4) is 0 Å². The van der Waals surface area contributed by atoms with Crippen molar-refractivity contribution in [3.8, 4) is 40.9 Å². The number of carboxylic acid groups (broad SMARTS) is 1. The summed E-state index contributed by atoms with van der Waals surface area (Å²) >= 11 is 6.87. The largest absolute Gasteiger partial charge is 0.504 e. The molecule has 0 aliphatic carbocycles. The van der Waals surface area contributed by atoms with Crippen LogP contribution in [0, 0.1) is 36.5 Å². The normalized spacial score (nSPS) is 10.0. The molecule has 0 heterocycles. The van der Waals surface area contributed by atoms with Crippen molar-refractivity contribution in [2.75, 3.05) is 14.2 Å². The molecule has 59 heavy (non-hydrogen) atoms. The highest BCUT2D eigenvalue weighted by molar-refractivity contribution is 9.11. The van der Waals surface area contributed by atoms with E-state index in [1.165, 1.54) is 7.11 Å². The molecule has 0 fully saturated rings. The molecular formula is C49H38Br2N2O6. The number of hydrogen-bond acceptors (Lipinski definition) is 7. The molecule has 8 rings (SSSR count). The number of ether oxygens (including phenoxy) is 3. The van der Waals surface area contributed by atoms with E-state index in [1.807, 2.05) is 129 Å². The summed E-state index contributed by atoms with van der Waals surface area (Å²) in [6.45, 7) is 3.95. The second kappa shape index (κ2) is 20.5. The van der Waals surface area contributed by atoms with Crippen LogP contribution in [0.2, 0.25) is 0 Å². The summed E-state index contributed by atoms with van der Waals surface area (Å²) in [5, 5.41) is 41.7. The molecule has 0 radical (unpaired) electrons. The van der Waals surface area contributed by atoms with Gasteiger partial charge in [0.05, 0.1) is 43.0 Å². The Kier molecular flexibility index (Phi) is 15.1. The lowest BCUT2D eigenvalue weighted by Gasteiger charge is -2.13. The monoisotopic (exact) mass is 908 g/mol. The van der Waals surface area contributed by atoms with Crippen LogP contribution < -0.4 is 14.2 Å². The smallest absolute Gasteiger partial charge is 0.335 e. The summed E-state index contributed by atoms with van der Waals surface area (Å²) in [7, 11) is 3.17. The van der Waals surface area contributed by atoms with E-state index < -0.39 is 5.97 Å². The van der Waals surface area contributed by atoms with E-state index in [4.69, 9.17) is 34.9 Å². The number of benzene rings is 8. The highest BCUT2D eigenvalue weighted by Crippen LogP contribution is 2.36. The van der Waals surface area contributed by atoms with Gasteiger partial charge in [-0.15, -0.1) is 0 Å². The lowest BCUT2D eigenvalue weighted by molar-refractivity contribution is 0.0697. The molecule has 8 nitrogen and oxygen atoms in total. The topological polar surface area (TPSA) is 133 Å². The number of nitrogens with zero attached hydrogens (tertiary/aromatic N) is 2. The summed E-state index contributed by atoms with van der Waals surface area (Å²) < 4.78 is 18.3. The molecule has 294 valence electrons. The Bertz CT molecular complexity index is 2860. The molecule has 0 aliphatic heterocycles. The van der Waals surface area contributed by atoms with E-state index in [2.05, 4.69) is 44.0 Å². The van der Waals surface area contributed by atoms with Crippen molar-refractivity contribution in [1.29, 1.82) is 10.5 Å². The van der Waals surface area contributed by atoms with Gasteiger partial charge in [0.1, 0.15) is 5.75 Å². The Morgan fingerprint density at radius 2 is 1.03 bits per heavy atom. The van der Waals surface area contributed by atoms with Crippen LogP contribution >= 0.6 is 31.9 Å². The summed E-state index contributed by atoms with van der Waals surface area (Å²) in [4.78, 5) is 10.7. The van der Waals surface area contributed by atoms with Gasteiger partial charge in [-0.2, -0.15) is 10.5 Å². The van der Waals surface area contributed by atoms with Crippen molar-refractivity contribution in [3.63, 3.8) is 0 Å². The third-order valence-electron chi connectivity index (χ3n) is 8.87. The predicted octanol–water partition coefficient (Wildman–Crippen LogP) is 13.3. The Labute approximate surface area is 359 Å². The zero-order valence-electron chi connectivity index (χ0n) is 32.5. The van der Waals surface area contributed by atoms with Crippen molar-refractivity contribution in [1.82, 2.24) is 0 Å². The third kappa shape index (κ3) is 11.4. The fraction of sp³-hybridized carbons (Fsp3) is 0.0816. The van der Waals surface area contributed by atoms with Gasteiger partial charge >= 0.3 is 5.97 Å². The van der Waals surface area contributed by atoms with E-state index in [1.54, 1.807) is 37.4 Å². The quantitative estimate of drug-likeness (QED) is 0.174. The number of aryl methyl sites for hydroxylation is 2. The maximum atomic E-state index is 10.7.